The first-order valence-electron chi connectivity index (χ1n) is 13.0. The van der Waals surface area contributed by atoms with Gasteiger partial charge in [-0.1, -0.05) is 6.07 Å². The minimum atomic E-state index is -1.98. The maximum absolute atomic E-state index is 13.5. The molecule has 0 radical (unpaired) electrons. The minimum absolute atomic E-state index is 0.00847. The number of carbonyl (C=O) groups is 1. The third-order valence-electron chi connectivity index (χ3n) is 4.97. The molecule has 0 aromatic heterocycles. The van der Waals surface area contributed by atoms with Gasteiger partial charge in [0, 0.05) is 12.1 Å². The van der Waals surface area contributed by atoms with Gasteiger partial charge in [0.05, 0.1) is 6.42 Å². The topological polar surface area (TPSA) is 63.2 Å². The van der Waals surface area contributed by atoms with Gasteiger partial charge in [-0.05, 0) is 96.3 Å². The molecule has 37 heavy (non-hydrogen) atoms. The molecule has 1 aliphatic heterocycles. The molecular formula is C27H44O6Si4. The maximum atomic E-state index is 13.5. The van der Waals surface area contributed by atoms with Crippen molar-refractivity contribution in [3.63, 3.8) is 0 Å². The van der Waals surface area contributed by atoms with E-state index in [-0.39, 0.29) is 12.2 Å². The molecule has 0 spiro atoms. The van der Waals surface area contributed by atoms with Crippen LogP contribution in [-0.2, 0) is 0 Å². The average molecular weight is 577 g/mol. The van der Waals surface area contributed by atoms with E-state index in [9.17, 15) is 4.79 Å². The van der Waals surface area contributed by atoms with E-state index < -0.39 is 39.4 Å². The molecule has 6 nitrogen and oxygen atoms in total. The van der Waals surface area contributed by atoms with Crippen molar-refractivity contribution in [2.24, 2.45) is 0 Å². The van der Waals surface area contributed by atoms with Gasteiger partial charge in [-0.3, -0.25) is 4.79 Å². The number of hydrogen-bond donors (Lipinski definition) is 0. The second-order valence-corrected chi connectivity index (χ2v) is 31.3. The molecule has 0 bridgehead atoms. The Bertz CT molecular complexity index is 1150. The summed E-state index contributed by atoms with van der Waals surface area (Å²) < 4.78 is 31.9. The molecule has 2 aromatic carbocycles. The summed E-state index contributed by atoms with van der Waals surface area (Å²) in [6, 6.07) is 9.63. The first-order chi connectivity index (χ1) is 16.7. The Balaban J connectivity index is 2.05. The fourth-order valence-corrected chi connectivity index (χ4v) is 7.25. The number of benzene rings is 2. The summed E-state index contributed by atoms with van der Waals surface area (Å²) in [5.41, 5.74) is 1.40. The van der Waals surface area contributed by atoms with Crippen LogP contribution in [0.15, 0.2) is 30.3 Å². The van der Waals surface area contributed by atoms with E-state index in [2.05, 4.69) is 78.6 Å². The predicted molar refractivity (Wildman–Crippen MR) is 161 cm³/mol. The van der Waals surface area contributed by atoms with Crippen LogP contribution in [0, 0.1) is 0 Å². The number of carbonyl (C=O) groups excluding carboxylic acids is 1. The largest absolute Gasteiger partial charge is 0.544 e. The molecule has 0 saturated carbocycles. The van der Waals surface area contributed by atoms with Crippen LogP contribution in [-0.4, -0.2) is 39.1 Å². The van der Waals surface area contributed by atoms with Crippen molar-refractivity contribution in [1.82, 2.24) is 0 Å². The third kappa shape index (κ3) is 8.76. The number of Topliss-reactive ketones (excluding diaryl/α,β-unsaturated/α-hetero) is 1. The molecule has 1 heterocycles. The van der Waals surface area contributed by atoms with Gasteiger partial charge < -0.3 is 22.4 Å². The molecule has 1 aliphatic rings. The third-order valence-corrected chi connectivity index (χ3v) is 8.32. The van der Waals surface area contributed by atoms with E-state index in [1.165, 1.54) is 0 Å². The molecule has 0 fully saturated rings. The van der Waals surface area contributed by atoms with E-state index in [4.69, 9.17) is 22.4 Å². The Kier molecular flexibility index (Phi) is 8.20. The van der Waals surface area contributed by atoms with Crippen LogP contribution in [0.4, 0.5) is 0 Å². The molecule has 0 amide bonds. The Morgan fingerprint density at radius 1 is 0.649 bits per heavy atom. The van der Waals surface area contributed by atoms with Gasteiger partial charge in [0.2, 0.25) is 33.3 Å². The molecule has 1 unspecified atom stereocenters. The summed E-state index contributed by atoms with van der Waals surface area (Å²) >= 11 is 0. The number of ether oxygens (including phenoxy) is 1. The van der Waals surface area contributed by atoms with E-state index in [0.29, 0.717) is 22.8 Å². The molecule has 3 rings (SSSR count). The fourth-order valence-electron chi connectivity index (χ4n) is 3.96. The smallest absolute Gasteiger partial charge is 0.242 e. The standard InChI is InChI=1S/C27H44O6Si4/c1-34(2,3)30-20-16-25-27(26(17-20)33-37(10,11)12)21(28)18-23(29-25)19-13-14-22(31-35(4,5)6)24(15-19)32-36(7,8)9/h13-17,23H,18H2,1-12H3. The van der Waals surface area contributed by atoms with Gasteiger partial charge in [-0.2, -0.15) is 0 Å². The van der Waals surface area contributed by atoms with E-state index in [1.54, 1.807) is 0 Å². The van der Waals surface area contributed by atoms with Crippen LogP contribution in [0.3, 0.4) is 0 Å². The Hall–Kier alpha value is -2.02. The highest BCUT2D eigenvalue weighted by Crippen LogP contribution is 2.45. The highest BCUT2D eigenvalue weighted by Gasteiger charge is 2.34. The monoisotopic (exact) mass is 576 g/mol. The zero-order valence-corrected chi connectivity index (χ0v) is 28.6. The lowest BCUT2D eigenvalue weighted by atomic mass is 9.95. The summed E-state index contributed by atoms with van der Waals surface area (Å²) in [4.78, 5) is 13.5. The summed E-state index contributed by atoms with van der Waals surface area (Å²) in [5.74, 6) is 3.25. The van der Waals surface area contributed by atoms with Crippen molar-refractivity contribution in [3.8, 4) is 28.7 Å². The molecule has 10 heteroatoms. The van der Waals surface area contributed by atoms with Gasteiger partial charge in [0.15, 0.2) is 5.78 Å². The maximum Gasteiger partial charge on any atom is 0.242 e. The quantitative estimate of drug-likeness (QED) is 0.280. The SMILES string of the molecule is C[Si](C)(C)Oc1cc2c(c(O[Si](C)(C)C)c1)C(=O)CC(c1ccc(O[Si](C)(C)C)c(O[Si](C)(C)C)c1)O2. The van der Waals surface area contributed by atoms with Crippen molar-refractivity contribution >= 4 is 39.1 Å². The van der Waals surface area contributed by atoms with E-state index >= 15 is 0 Å². The number of rotatable bonds is 9. The number of hydrogen-bond acceptors (Lipinski definition) is 6. The molecule has 0 saturated heterocycles. The first kappa shape index (κ1) is 29.5. The molecular weight excluding hydrogens is 533 g/mol. The van der Waals surface area contributed by atoms with Gasteiger partial charge in [0.1, 0.15) is 40.4 Å². The Morgan fingerprint density at radius 3 is 1.70 bits per heavy atom. The molecule has 0 N–H and O–H groups in total. The van der Waals surface area contributed by atoms with Gasteiger partial charge in [0.25, 0.3) is 0 Å². The Morgan fingerprint density at radius 2 is 1.16 bits per heavy atom. The van der Waals surface area contributed by atoms with Crippen molar-refractivity contribution in [2.45, 2.75) is 91.1 Å². The first-order valence-corrected chi connectivity index (χ1v) is 26.6. The summed E-state index contributed by atoms with van der Waals surface area (Å²) in [7, 11) is -7.62. The molecule has 1 atom stereocenters. The summed E-state index contributed by atoms with van der Waals surface area (Å²) in [6.07, 6.45) is -0.212. The van der Waals surface area contributed by atoms with Crippen molar-refractivity contribution in [1.29, 1.82) is 0 Å². The fraction of sp³-hybridized carbons (Fsp3) is 0.519. The van der Waals surface area contributed by atoms with Crippen LogP contribution in [0.25, 0.3) is 0 Å². The van der Waals surface area contributed by atoms with E-state index in [1.807, 2.05) is 30.3 Å². The van der Waals surface area contributed by atoms with Crippen LogP contribution in [0.5, 0.6) is 28.7 Å². The average Bonchev–Trinajstić information content (AvgIpc) is 2.63. The van der Waals surface area contributed by atoms with Crippen molar-refractivity contribution in [3.05, 3.63) is 41.5 Å². The zero-order chi connectivity index (χ0) is 28.0. The second-order valence-electron chi connectivity index (χ2n) is 13.6. The van der Waals surface area contributed by atoms with Crippen LogP contribution in [0.2, 0.25) is 78.6 Å². The molecule has 0 aliphatic carbocycles. The normalized spacial score (nSPS) is 16.5. The second kappa shape index (κ2) is 10.3. The van der Waals surface area contributed by atoms with Crippen LogP contribution in [0.1, 0.15) is 28.4 Å². The zero-order valence-electron chi connectivity index (χ0n) is 24.6. The van der Waals surface area contributed by atoms with Crippen molar-refractivity contribution < 1.29 is 27.2 Å². The predicted octanol–water partition coefficient (Wildman–Crippen LogP) is 8.25. The minimum Gasteiger partial charge on any atom is -0.544 e. The lowest BCUT2D eigenvalue weighted by molar-refractivity contribution is 0.0846. The number of ketones is 1. The summed E-state index contributed by atoms with van der Waals surface area (Å²) in [6.45, 7) is 25.6. The lowest BCUT2D eigenvalue weighted by Gasteiger charge is -2.31. The molecule has 2 aromatic rings. The van der Waals surface area contributed by atoms with Gasteiger partial charge in [-0.15, -0.1) is 0 Å². The van der Waals surface area contributed by atoms with Gasteiger partial charge >= 0.3 is 0 Å². The Labute approximate surface area is 227 Å². The highest BCUT2D eigenvalue weighted by atomic mass is 28.4. The van der Waals surface area contributed by atoms with E-state index in [0.717, 1.165) is 17.1 Å². The van der Waals surface area contributed by atoms with Gasteiger partial charge in [-0.25, -0.2) is 0 Å². The summed E-state index contributed by atoms with van der Waals surface area (Å²) in [5, 5.41) is 0. The highest BCUT2D eigenvalue weighted by molar-refractivity contribution is 6.71. The van der Waals surface area contributed by atoms with Crippen LogP contribution < -0.4 is 22.4 Å². The number of fused-ring (bicyclic) bond motifs is 1. The molecule has 204 valence electrons. The van der Waals surface area contributed by atoms with Crippen molar-refractivity contribution in [2.75, 3.05) is 0 Å². The van der Waals surface area contributed by atoms with Crippen LogP contribution >= 0.6 is 0 Å². The lowest BCUT2D eigenvalue weighted by Crippen LogP contribution is -2.33.